The molecule has 1 aliphatic heterocycles. The van der Waals surface area contributed by atoms with Crippen LogP contribution in [-0.4, -0.2) is 33.7 Å². The van der Waals surface area contributed by atoms with E-state index in [9.17, 15) is 0 Å². The van der Waals surface area contributed by atoms with Crippen LogP contribution < -0.4 is 4.74 Å². The Bertz CT molecular complexity index is 654. The summed E-state index contributed by atoms with van der Waals surface area (Å²) >= 11 is 0. The van der Waals surface area contributed by atoms with E-state index in [4.69, 9.17) is 9.47 Å². The number of aryl methyl sites for hydroxylation is 1. The van der Waals surface area contributed by atoms with Crippen LogP contribution in [0.4, 0.5) is 0 Å². The van der Waals surface area contributed by atoms with Gasteiger partial charge in [-0.2, -0.15) is 4.98 Å². The van der Waals surface area contributed by atoms with Gasteiger partial charge in [0, 0.05) is 23.9 Å². The molecule has 5 nitrogen and oxygen atoms in total. The standard InChI is InChI=1S/C15H19N3O2/c1-8(2)20-14-9(3)4-18-5-12(16-15(18)17-14)13-10-6-19-7-11(10)13/h4-5,8,10-11,13H,6-7H2,1-3H3. The van der Waals surface area contributed by atoms with Crippen LogP contribution in [0.1, 0.15) is 31.0 Å². The maximum absolute atomic E-state index is 5.73. The molecule has 2 atom stereocenters. The summed E-state index contributed by atoms with van der Waals surface area (Å²) in [6.45, 7) is 7.81. The summed E-state index contributed by atoms with van der Waals surface area (Å²) in [6.07, 6.45) is 4.28. The number of imidazole rings is 1. The molecule has 0 radical (unpaired) electrons. The van der Waals surface area contributed by atoms with Crippen LogP contribution in [0.3, 0.4) is 0 Å². The largest absolute Gasteiger partial charge is 0.475 e. The van der Waals surface area contributed by atoms with E-state index in [-0.39, 0.29) is 6.10 Å². The highest BCUT2D eigenvalue weighted by molar-refractivity contribution is 5.40. The van der Waals surface area contributed by atoms with E-state index in [0.717, 1.165) is 30.2 Å². The molecule has 106 valence electrons. The lowest BCUT2D eigenvalue weighted by atomic mass is 10.2. The molecule has 4 rings (SSSR count). The fraction of sp³-hybridized carbons (Fsp3) is 0.600. The zero-order chi connectivity index (χ0) is 13.9. The van der Waals surface area contributed by atoms with Crippen LogP contribution in [0.5, 0.6) is 5.88 Å². The summed E-state index contributed by atoms with van der Waals surface area (Å²) in [6, 6.07) is 0. The van der Waals surface area contributed by atoms with Crippen molar-refractivity contribution in [1.29, 1.82) is 0 Å². The first-order valence-electron chi connectivity index (χ1n) is 7.24. The Labute approximate surface area is 117 Å². The zero-order valence-electron chi connectivity index (χ0n) is 12.0. The van der Waals surface area contributed by atoms with Crippen molar-refractivity contribution in [3.05, 3.63) is 23.7 Å². The van der Waals surface area contributed by atoms with Gasteiger partial charge in [-0.25, -0.2) is 4.98 Å². The Morgan fingerprint density at radius 2 is 2.00 bits per heavy atom. The van der Waals surface area contributed by atoms with Gasteiger partial charge in [0.2, 0.25) is 11.7 Å². The molecule has 2 fully saturated rings. The molecule has 0 aromatic carbocycles. The SMILES string of the molecule is Cc1cn2cc(C3C4COCC43)nc2nc1OC(C)C. The summed E-state index contributed by atoms with van der Waals surface area (Å²) in [4.78, 5) is 9.22. The van der Waals surface area contributed by atoms with Gasteiger partial charge < -0.3 is 9.47 Å². The molecule has 2 unspecified atom stereocenters. The molecule has 0 amide bonds. The van der Waals surface area contributed by atoms with E-state index in [0.29, 0.717) is 23.6 Å². The summed E-state index contributed by atoms with van der Waals surface area (Å²) in [5.41, 5.74) is 2.19. The van der Waals surface area contributed by atoms with Gasteiger partial charge in [0.05, 0.1) is 25.0 Å². The molecule has 0 bridgehead atoms. The fourth-order valence-electron chi connectivity index (χ4n) is 3.20. The minimum absolute atomic E-state index is 0.123. The average Bonchev–Trinajstić information content (AvgIpc) is 2.76. The molecule has 1 saturated carbocycles. The van der Waals surface area contributed by atoms with E-state index in [2.05, 4.69) is 16.2 Å². The third-order valence-corrected chi connectivity index (χ3v) is 4.24. The summed E-state index contributed by atoms with van der Waals surface area (Å²) in [5, 5.41) is 0. The first-order valence-corrected chi connectivity index (χ1v) is 7.24. The molecule has 2 aromatic heterocycles. The first kappa shape index (κ1) is 12.1. The Kier molecular flexibility index (Phi) is 2.54. The third kappa shape index (κ3) is 1.80. The van der Waals surface area contributed by atoms with Crippen molar-refractivity contribution in [3.8, 4) is 5.88 Å². The van der Waals surface area contributed by atoms with Crippen molar-refractivity contribution >= 4 is 5.78 Å². The number of fused-ring (bicyclic) bond motifs is 2. The first-order chi connectivity index (χ1) is 9.63. The van der Waals surface area contributed by atoms with Gasteiger partial charge in [-0.3, -0.25) is 4.40 Å². The smallest absolute Gasteiger partial charge is 0.237 e. The van der Waals surface area contributed by atoms with Gasteiger partial charge in [-0.1, -0.05) is 0 Å². The molecular weight excluding hydrogens is 254 g/mol. The van der Waals surface area contributed by atoms with Crippen LogP contribution in [-0.2, 0) is 4.74 Å². The maximum Gasteiger partial charge on any atom is 0.237 e. The summed E-state index contributed by atoms with van der Waals surface area (Å²) in [5.74, 6) is 3.33. The van der Waals surface area contributed by atoms with Gasteiger partial charge in [0.15, 0.2) is 0 Å². The highest BCUT2D eigenvalue weighted by atomic mass is 16.5. The minimum Gasteiger partial charge on any atom is -0.475 e. The molecule has 2 aromatic rings. The zero-order valence-corrected chi connectivity index (χ0v) is 12.0. The molecular formula is C15H19N3O2. The Balaban J connectivity index is 1.69. The second kappa shape index (κ2) is 4.19. The molecule has 5 heteroatoms. The number of ether oxygens (including phenoxy) is 2. The van der Waals surface area contributed by atoms with E-state index in [1.54, 1.807) is 0 Å². The van der Waals surface area contributed by atoms with Crippen molar-refractivity contribution in [2.24, 2.45) is 11.8 Å². The van der Waals surface area contributed by atoms with Crippen molar-refractivity contribution in [2.75, 3.05) is 13.2 Å². The Morgan fingerprint density at radius 1 is 1.25 bits per heavy atom. The molecule has 1 saturated heterocycles. The third-order valence-electron chi connectivity index (χ3n) is 4.24. The van der Waals surface area contributed by atoms with E-state index < -0.39 is 0 Å². The van der Waals surface area contributed by atoms with Crippen LogP contribution in [0, 0.1) is 18.8 Å². The summed E-state index contributed by atoms with van der Waals surface area (Å²) < 4.78 is 13.2. The molecule has 20 heavy (non-hydrogen) atoms. The van der Waals surface area contributed by atoms with Gasteiger partial charge in [0.25, 0.3) is 0 Å². The van der Waals surface area contributed by atoms with Crippen LogP contribution in [0.2, 0.25) is 0 Å². The molecule has 0 spiro atoms. The lowest BCUT2D eigenvalue weighted by Crippen LogP contribution is -2.09. The molecule has 2 aliphatic rings. The predicted molar refractivity (Wildman–Crippen MR) is 74.0 cm³/mol. The minimum atomic E-state index is 0.123. The monoisotopic (exact) mass is 273 g/mol. The second-order valence-corrected chi connectivity index (χ2v) is 6.16. The van der Waals surface area contributed by atoms with Gasteiger partial charge >= 0.3 is 0 Å². The number of aromatic nitrogens is 3. The lowest BCUT2D eigenvalue weighted by Gasteiger charge is -2.10. The average molecular weight is 273 g/mol. The maximum atomic E-state index is 5.73. The van der Waals surface area contributed by atoms with E-state index >= 15 is 0 Å². The van der Waals surface area contributed by atoms with Gasteiger partial charge in [-0.05, 0) is 32.6 Å². The highest BCUT2D eigenvalue weighted by Gasteiger charge is 2.55. The van der Waals surface area contributed by atoms with Crippen LogP contribution in [0.15, 0.2) is 12.4 Å². The summed E-state index contributed by atoms with van der Waals surface area (Å²) in [7, 11) is 0. The lowest BCUT2D eigenvalue weighted by molar-refractivity contribution is 0.160. The van der Waals surface area contributed by atoms with Gasteiger partial charge in [-0.15, -0.1) is 0 Å². The van der Waals surface area contributed by atoms with Crippen molar-refractivity contribution in [1.82, 2.24) is 14.4 Å². The Hall–Kier alpha value is -1.62. The Morgan fingerprint density at radius 3 is 2.70 bits per heavy atom. The molecule has 0 N–H and O–H groups in total. The van der Waals surface area contributed by atoms with Crippen molar-refractivity contribution in [2.45, 2.75) is 32.8 Å². The highest BCUT2D eigenvalue weighted by Crippen LogP contribution is 2.56. The van der Waals surface area contributed by atoms with Crippen molar-refractivity contribution in [3.63, 3.8) is 0 Å². The quantitative estimate of drug-likeness (QED) is 0.860. The van der Waals surface area contributed by atoms with Crippen LogP contribution in [0.25, 0.3) is 5.78 Å². The second-order valence-electron chi connectivity index (χ2n) is 6.16. The number of nitrogens with zero attached hydrogens (tertiary/aromatic N) is 3. The predicted octanol–water partition coefficient (Wildman–Crippen LogP) is 2.18. The molecule has 3 heterocycles. The normalized spacial score (nSPS) is 28.1. The fourth-order valence-corrected chi connectivity index (χ4v) is 3.20. The molecule has 1 aliphatic carbocycles. The van der Waals surface area contributed by atoms with Crippen molar-refractivity contribution < 1.29 is 9.47 Å². The van der Waals surface area contributed by atoms with E-state index in [1.807, 2.05) is 31.4 Å². The van der Waals surface area contributed by atoms with Crippen LogP contribution >= 0.6 is 0 Å². The van der Waals surface area contributed by atoms with Gasteiger partial charge in [0.1, 0.15) is 0 Å². The number of hydrogen-bond acceptors (Lipinski definition) is 4. The van der Waals surface area contributed by atoms with E-state index in [1.165, 1.54) is 0 Å². The number of rotatable bonds is 3. The topological polar surface area (TPSA) is 48.7 Å². The number of hydrogen-bond donors (Lipinski definition) is 0.